The van der Waals surface area contributed by atoms with E-state index < -0.39 is 0 Å². The summed E-state index contributed by atoms with van der Waals surface area (Å²) >= 11 is 0. The first kappa shape index (κ1) is 19.4. The maximum Gasteiger partial charge on any atom is 0.277 e. The normalized spacial score (nSPS) is 20.6. The molecule has 6 nitrogen and oxygen atoms in total. The third-order valence-corrected chi connectivity index (χ3v) is 5.35. The minimum absolute atomic E-state index is 0.101. The van der Waals surface area contributed by atoms with Crippen LogP contribution in [0.2, 0.25) is 0 Å². The van der Waals surface area contributed by atoms with Gasteiger partial charge in [-0.3, -0.25) is 14.5 Å². The Kier molecular flexibility index (Phi) is 6.16. The SMILES string of the molecule is CCCCN1C(=O)C(c2ccc(OC)cc2)=C(N2CCCC(CO)C2)C1=O. The molecule has 3 rings (SSSR count). The quantitative estimate of drug-likeness (QED) is 0.744. The Labute approximate surface area is 160 Å². The van der Waals surface area contributed by atoms with Crippen molar-refractivity contribution >= 4 is 17.4 Å². The van der Waals surface area contributed by atoms with Crippen LogP contribution in [-0.4, -0.2) is 60.1 Å². The first-order valence-corrected chi connectivity index (χ1v) is 9.71. The van der Waals surface area contributed by atoms with E-state index in [1.165, 1.54) is 4.90 Å². The van der Waals surface area contributed by atoms with Crippen LogP contribution in [0.4, 0.5) is 0 Å². The zero-order valence-corrected chi connectivity index (χ0v) is 16.1. The summed E-state index contributed by atoms with van der Waals surface area (Å²) in [4.78, 5) is 29.6. The molecule has 0 aliphatic carbocycles. The molecule has 0 radical (unpaired) electrons. The molecule has 2 heterocycles. The summed E-state index contributed by atoms with van der Waals surface area (Å²) in [5, 5.41) is 9.56. The van der Waals surface area contributed by atoms with Gasteiger partial charge >= 0.3 is 0 Å². The number of nitrogens with zero attached hydrogens (tertiary/aromatic N) is 2. The number of carbonyl (C=O) groups is 2. The van der Waals surface area contributed by atoms with E-state index in [0.717, 1.165) is 37.8 Å². The lowest BCUT2D eigenvalue weighted by Crippen LogP contribution is -2.40. The number of methoxy groups -OCH3 is 1. The van der Waals surface area contributed by atoms with Gasteiger partial charge in [-0.1, -0.05) is 25.5 Å². The largest absolute Gasteiger partial charge is 0.497 e. The van der Waals surface area contributed by atoms with Crippen LogP contribution in [0.1, 0.15) is 38.2 Å². The number of aliphatic hydroxyl groups is 1. The number of ether oxygens (including phenoxy) is 1. The van der Waals surface area contributed by atoms with Crippen molar-refractivity contribution in [1.82, 2.24) is 9.80 Å². The Morgan fingerprint density at radius 2 is 1.93 bits per heavy atom. The van der Waals surface area contributed by atoms with E-state index in [-0.39, 0.29) is 24.3 Å². The van der Waals surface area contributed by atoms with E-state index in [0.29, 0.717) is 30.1 Å². The number of hydrogen-bond acceptors (Lipinski definition) is 5. The van der Waals surface area contributed by atoms with E-state index in [2.05, 4.69) is 0 Å². The monoisotopic (exact) mass is 372 g/mol. The maximum absolute atomic E-state index is 13.1. The standard InChI is InChI=1S/C21H28N2O4/c1-3-4-12-23-20(25)18(16-7-9-17(27-2)10-8-16)19(21(23)26)22-11-5-6-15(13-22)14-24/h7-10,15,24H,3-6,11-14H2,1-2H3. The summed E-state index contributed by atoms with van der Waals surface area (Å²) in [6, 6.07) is 7.27. The third-order valence-electron chi connectivity index (χ3n) is 5.35. The van der Waals surface area contributed by atoms with E-state index >= 15 is 0 Å². The number of likely N-dealkylation sites (tertiary alicyclic amines) is 1. The van der Waals surface area contributed by atoms with Gasteiger partial charge in [-0.2, -0.15) is 0 Å². The second-order valence-corrected chi connectivity index (χ2v) is 7.20. The van der Waals surface area contributed by atoms with Crippen LogP contribution in [0.5, 0.6) is 5.75 Å². The molecule has 6 heteroatoms. The van der Waals surface area contributed by atoms with Crippen LogP contribution in [0.15, 0.2) is 30.0 Å². The summed E-state index contributed by atoms with van der Waals surface area (Å²) < 4.78 is 5.21. The number of rotatable bonds is 7. The molecule has 1 atom stereocenters. The molecule has 0 saturated carbocycles. The molecule has 0 bridgehead atoms. The van der Waals surface area contributed by atoms with Crippen molar-refractivity contribution in [3.05, 3.63) is 35.5 Å². The third kappa shape index (κ3) is 3.86. The Bertz CT molecular complexity index is 726. The molecular weight excluding hydrogens is 344 g/mol. The summed E-state index contributed by atoms with van der Waals surface area (Å²) in [6.07, 6.45) is 3.56. The molecule has 1 fully saturated rings. The predicted molar refractivity (Wildman–Crippen MR) is 103 cm³/mol. The van der Waals surface area contributed by atoms with Crippen LogP contribution in [-0.2, 0) is 9.59 Å². The van der Waals surface area contributed by atoms with Gasteiger partial charge in [0.05, 0.1) is 12.7 Å². The molecule has 0 spiro atoms. The zero-order chi connectivity index (χ0) is 19.4. The highest BCUT2D eigenvalue weighted by Gasteiger charge is 2.42. The van der Waals surface area contributed by atoms with Gasteiger partial charge in [0.15, 0.2) is 0 Å². The number of imide groups is 1. The van der Waals surface area contributed by atoms with Gasteiger partial charge in [-0.25, -0.2) is 0 Å². The van der Waals surface area contributed by atoms with Gasteiger partial charge in [-0.15, -0.1) is 0 Å². The summed E-state index contributed by atoms with van der Waals surface area (Å²) in [6.45, 7) is 3.91. The molecule has 1 aromatic rings. The molecular formula is C21H28N2O4. The van der Waals surface area contributed by atoms with Crippen LogP contribution in [0, 0.1) is 5.92 Å². The molecule has 1 unspecified atom stereocenters. The topological polar surface area (TPSA) is 70.1 Å². The van der Waals surface area contributed by atoms with E-state index in [9.17, 15) is 14.7 Å². The summed E-state index contributed by atoms with van der Waals surface area (Å²) in [5.41, 5.74) is 1.69. The Balaban J connectivity index is 2.00. The molecule has 1 N–H and O–H groups in total. The van der Waals surface area contributed by atoms with E-state index in [1.807, 2.05) is 24.0 Å². The van der Waals surface area contributed by atoms with Gasteiger partial charge in [0.25, 0.3) is 11.8 Å². The number of hydrogen-bond donors (Lipinski definition) is 1. The van der Waals surface area contributed by atoms with Crippen molar-refractivity contribution in [3.63, 3.8) is 0 Å². The lowest BCUT2D eigenvalue weighted by Gasteiger charge is -2.34. The van der Waals surface area contributed by atoms with Crippen molar-refractivity contribution in [2.45, 2.75) is 32.6 Å². The molecule has 1 saturated heterocycles. The molecule has 2 amide bonds. The van der Waals surface area contributed by atoms with Gasteiger partial charge in [0.2, 0.25) is 0 Å². The molecule has 27 heavy (non-hydrogen) atoms. The fourth-order valence-corrected chi connectivity index (χ4v) is 3.81. The lowest BCUT2D eigenvalue weighted by atomic mass is 9.97. The highest BCUT2D eigenvalue weighted by molar-refractivity contribution is 6.35. The summed E-state index contributed by atoms with van der Waals surface area (Å²) in [7, 11) is 1.60. The van der Waals surface area contributed by atoms with Crippen molar-refractivity contribution in [2.24, 2.45) is 5.92 Å². The molecule has 146 valence electrons. The van der Waals surface area contributed by atoms with Gasteiger partial charge in [-0.05, 0) is 42.9 Å². The smallest absolute Gasteiger partial charge is 0.277 e. The van der Waals surface area contributed by atoms with E-state index in [4.69, 9.17) is 4.74 Å². The second-order valence-electron chi connectivity index (χ2n) is 7.20. The Morgan fingerprint density at radius 1 is 1.19 bits per heavy atom. The highest BCUT2D eigenvalue weighted by atomic mass is 16.5. The predicted octanol–water partition coefficient (Wildman–Crippen LogP) is 2.28. The Hall–Kier alpha value is -2.34. The maximum atomic E-state index is 13.1. The minimum atomic E-state index is -0.222. The first-order chi connectivity index (χ1) is 13.1. The number of piperidine rings is 1. The highest BCUT2D eigenvalue weighted by Crippen LogP contribution is 2.34. The molecule has 2 aliphatic heterocycles. The molecule has 0 aromatic heterocycles. The van der Waals surface area contributed by atoms with Crippen LogP contribution >= 0.6 is 0 Å². The second kappa shape index (κ2) is 8.57. The molecule has 2 aliphatic rings. The van der Waals surface area contributed by atoms with Gasteiger partial charge in [0, 0.05) is 26.2 Å². The number of amides is 2. The fraction of sp³-hybridized carbons (Fsp3) is 0.524. The minimum Gasteiger partial charge on any atom is -0.497 e. The van der Waals surface area contributed by atoms with Gasteiger partial charge in [0.1, 0.15) is 11.4 Å². The number of aliphatic hydroxyl groups excluding tert-OH is 1. The van der Waals surface area contributed by atoms with Crippen LogP contribution in [0.3, 0.4) is 0 Å². The average Bonchev–Trinajstić information content (AvgIpc) is 2.96. The van der Waals surface area contributed by atoms with Crippen molar-refractivity contribution < 1.29 is 19.4 Å². The first-order valence-electron chi connectivity index (χ1n) is 9.71. The number of unbranched alkanes of at least 4 members (excludes halogenated alkanes) is 1. The average molecular weight is 372 g/mol. The van der Waals surface area contributed by atoms with Crippen LogP contribution in [0.25, 0.3) is 5.57 Å². The number of carbonyl (C=O) groups excluding carboxylic acids is 2. The Morgan fingerprint density at radius 3 is 2.56 bits per heavy atom. The summed E-state index contributed by atoms with van der Waals surface area (Å²) in [5.74, 6) is 0.410. The number of benzene rings is 1. The van der Waals surface area contributed by atoms with E-state index in [1.54, 1.807) is 19.2 Å². The molecule has 1 aromatic carbocycles. The van der Waals surface area contributed by atoms with Crippen molar-refractivity contribution in [3.8, 4) is 5.75 Å². The van der Waals surface area contributed by atoms with Crippen molar-refractivity contribution in [2.75, 3.05) is 33.4 Å². The van der Waals surface area contributed by atoms with Crippen LogP contribution < -0.4 is 4.74 Å². The fourth-order valence-electron chi connectivity index (χ4n) is 3.81. The van der Waals surface area contributed by atoms with Gasteiger partial charge < -0.3 is 14.7 Å². The lowest BCUT2D eigenvalue weighted by molar-refractivity contribution is -0.137. The van der Waals surface area contributed by atoms with Crippen molar-refractivity contribution in [1.29, 1.82) is 0 Å². The zero-order valence-electron chi connectivity index (χ0n) is 16.1.